The molecule has 5 heteroatoms. The maximum atomic E-state index is 10.6. The third-order valence-electron chi connectivity index (χ3n) is 3.10. The van der Waals surface area contributed by atoms with E-state index >= 15 is 0 Å². The van der Waals surface area contributed by atoms with Crippen LogP contribution in [0.3, 0.4) is 0 Å². The molecule has 0 atom stereocenters. The number of nitrogens with zero attached hydrogens (tertiary/aromatic N) is 2. The summed E-state index contributed by atoms with van der Waals surface area (Å²) >= 11 is 0. The Morgan fingerprint density at radius 3 is 2.53 bits per heavy atom. The van der Waals surface area contributed by atoms with Gasteiger partial charge in [-0.05, 0) is 31.6 Å². The molecule has 0 aromatic carbocycles. The summed E-state index contributed by atoms with van der Waals surface area (Å²) in [5.41, 5.74) is -0.0605. The molecule has 1 aromatic rings. The van der Waals surface area contributed by atoms with Crippen LogP contribution in [0.2, 0.25) is 0 Å². The van der Waals surface area contributed by atoms with Crippen molar-refractivity contribution in [1.29, 1.82) is 0 Å². The highest BCUT2D eigenvalue weighted by molar-refractivity contribution is 5.84. The van der Waals surface area contributed by atoms with Crippen molar-refractivity contribution in [1.82, 2.24) is 9.97 Å². The molecule has 92 valence electrons. The molecule has 17 heavy (non-hydrogen) atoms. The van der Waals surface area contributed by atoms with E-state index in [1.165, 1.54) is 25.2 Å². The Bertz CT molecular complexity index is 383. The van der Waals surface area contributed by atoms with Crippen LogP contribution in [-0.2, 0) is 0 Å². The molecule has 0 amide bonds. The fourth-order valence-electron chi connectivity index (χ4n) is 2.01. The molecular formula is C12H16N2O3. The van der Waals surface area contributed by atoms with Crippen LogP contribution in [0.5, 0.6) is 5.88 Å². The molecule has 1 fully saturated rings. The number of carbonyl (C=O) groups is 1. The van der Waals surface area contributed by atoms with Crippen LogP contribution in [0.15, 0.2) is 12.4 Å². The predicted molar refractivity (Wildman–Crippen MR) is 61.0 cm³/mol. The molecule has 1 saturated carbocycles. The quantitative estimate of drug-likeness (QED) is 0.870. The standard InChI is InChI=1S/C12H16N2O3/c1-8-2-4-9(5-3-8)17-11-7-13-10(6-14-11)12(15)16/h6-9H,2-5H2,1H3,(H,15,16). The maximum absolute atomic E-state index is 10.6. The zero-order chi connectivity index (χ0) is 12.3. The Hall–Kier alpha value is -1.65. The Morgan fingerprint density at radius 2 is 2.00 bits per heavy atom. The molecule has 1 N–H and O–H groups in total. The number of rotatable bonds is 3. The van der Waals surface area contributed by atoms with Crippen LogP contribution in [0.1, 0.15) is 43.1 Å². The molecule has 5 nitrogen and oxygen atoms in total. The Kier molecular flexibility index (Phi) is 3.56. The van der Waals surface area contributed by atoms with Crippen molar-refractivity contribution in [2.45, 2.75) is 38.7 Å². The lowest BCUT2D eigenvalue weighted by atomic mass is 9.89. The second-order valence-corrected chi connectivity index (χ2v) is 4.54. The number of carboxylic acid groups (broad SMARTS) is 1. The average Bonchev–Trinajstić information content (AvgIpc) is 2.33. The number of aromatic carboxylic acids is 1. The van der Waals surface area contributed by atoms with E-state index in [0.29, 0.717) is 5.88 Å². The lowest BCUT2D eigenvalue weighted by Crippen LogP contribution is -2.23. The maximum Gasteiger partial charge on any atom is 0.356 e. The highest BCUT2D eigenvalue weighted by Crippen LogP contribution is 2.26. The average molecular weight is 236 g/mol. The van der Waals surface area contributed by atoms with E-state index in [1.807, 2.05) is 0 Å². The zero-order valence-electron chi connectivity index (χ0n) is 9.80. The van der Waals surface area contributed by atoms with Crippen molar-refractivity contribution in [3.63, 3.8) is 0 Å². The van der Waals surface area contributed by atoms with Crippen LogP contribution in [-0.4, -0.2) is 27.1 Å². The van der Waals surface area contributed by atoms with Gasteiger partial charge in [-0.25, -0.2) is 14.8 Å². The van der Waals surface area contributed by atoms with E-state index in [1.54, 1.807) is 0 Å². The number of carboxylic acids is 1. The van der Waals surface area contributed by atoms with Crippen LogP contribution in [0.25, 0.3) is 0 Å². The van der Waals surface area contributed by atoms with E-state index in [4.69, 9.17) is 9.84 Å². The summed E-state index contributed by atoms with van der Waals surface area (Å²) in [5.74, 6) is 0.111. The summed E-state index contributed by atoms with van der Waals surface area (Å²) in [7, 11) is 0. The molecule has 1 aliphatic rings. The first-order valence-electron chi connectivity index (χ1n) is 5.87. The van der Waals surface area contributed by atoms with Gasteiger partial charge in [0.25, 0.3) is 0 Å². The molecule has 1 aromatic heterocycles. The van der Waals surface area contributed by atoms with Gasteiger partial charge in [-0.1, -0.05) is 6.92 Å². The first-order valence-corrected chi connectivity index (χ1v) is 5.87. The fourth-order valence-corrected chi connectivity index (χ4v) is 2.01. The molecule has 1 aliphatic carbocycles. The van der Waals surface area contributed by atoms with E-state index < -0.39 is 5.97 Å². The van der Waals surface area contributed by atoms with Crippen LogP contribution >= 0.6 is 0 Å². The van der Waals surface area contributed by atoms with Crippen molar-refractivity contribution in [2.24, 2.45) is 5.92 Å². The van der Waals surface area contributed by atoms with Crippen molar-refractivity contribution in [3.05, 3.63) is 18.1 Å². The number of hydrogen-bond acceptors (Lipinski definition) is 4. The summed E-state index contributed by atoms with van der Waals surface area (Å²) in [6.45, 7) is 2.25. The molecule has 0 spiro atoms. The van der Waals surface area contributed by atoms with E-state index in [0.717, 1.165) is 18.8 Å². The van der Waals surface area contributed by atoms with Gasteiger partial charge in [-0.2, -0.15) is 0 Å². The summed E-state index contributed by atoms with van der Waals surface area (Å²) < 4.78 is 5.67. The largest absolute Gasteiger partial charge is 0.476 e. The second kappa shape index (κ2) is 5.12. The van der Waals surface area contributed by atoms with Crippen LogP contribution in [0, 0.1) is 5.92 Å². The summed E-state index contributed by atoms with van der Waals surface area (Å²) in [5, 5.41) is 8.68. The Morgan fingerprint density at radius 1 is 1.29 bits per heavy atom. The molecule has 2 rings (SSSR count). The minimum Gasteiger partial charge on any atom is -0.476 e. The molecule has 0 saturated heterocycles. The SMILES string of the molecule is CC1CCC(Oc2cnc(C(=O)O)cn2)CC1. The molecular weight excluding hydrogens is 220 g/mol. The highest BCUT2D eigenvalue weighted by atomic mass is 16.5. The van der Waals surface area contributed by atoms with Crippen molar-refractivity contribution in [3.8, 4) is 5.88 Å². The minimum atomic E-state index is -1.07. The lowest BCUT2D eigenvalue weighted by Gasteiger charge is -2.26. The number of hydrogen-bond donors (Lipinski definition) is 1. The van der Waals surface area contributed by atoms with Crippen molar-refractivity contribution in [2.75, 3.05) is 0 Å². The van der Waals surface area contributed by atoms with Gasteiger partial charge in [-0.15, -0.1) is 0 Å². The monoisotopic (exact) mass is 236 g/mol. The molecule has 1 heterocycles. The smallest absolute Gasteiger partial charge is 0.356 e. The predicted octanol–water partition coefficient (Wildman–Crippen LogP) is 2.13. The summed E-state index contributed by atoms with van der Waals surface area (Å²) in [6, 6.07) is 0. The van der Waals surface area contributed by atoms with Gasteiger partial charge in [0, 0.05) is 0 Å². The van der Waals surface area contributed by atoms with E-state index in [9.17, 15) is 4.79 Å². The molecule has 0 aliphatic heterocycles. The molecule has 0 unspecified atom stereocenters. The van der Waals surface area contributed by atoms with Crippen molar-refractivity contribution >= 4 is 5.97 Å². The normalized spacial score (nSPS) is 24.3. The zero-order valence-corrected chi connectivity index (χ0v) is 9.80. The molecule has 0 bridgehead atoms. The van der Waals surface area contributed by atoms with Crippen LogP contribution < -0.4 is 4.74 Å². The first-order chi connectivity index (χ1) is 8.15. The first kappa shape index (κ1) is 11.8. The second-order valence-electron chi connectivity index (χ2n) is 4.54. The molecule has 0 radical (unpaired) electrons. The van der Waals surface area contributed by atoms with E-state index in [2.05, 4.69) is 16.9 Å². The van der Waals surface area contributed by atoms with Gasteiger partial charge in [0.15, 0.2) is 5.69 Å². The van der Waals surface area contributed by atoms with Crippen LogP contribution in [0.4, 0.5) is 0 Å². The van der Waals surface area contributed by atoms with Gasteiger partial charge in [-0.3, -0.25) is 0 Å². The third kappa shape index (κ3) is 3.15. The van der Waals surface area contributed by atoms with Gasteiger partial charge in [0.1, 0.15) is 6.10 Å². The Labute approximate surface area is 99.9 Å². The summed E-state index contributed by atoms with van der Waals surface area (Å²) in [6.07, 6.45) is 7.20. The summed E-state index contributed by atoms with van der Waals surface area (Å²) in [4.78, 5) is 18.3. The lowest BCUT2D eigenvalue weighted by molar-refractivity contribution is 0.0689. The van der Waals surface area contributed by atoms with Gasteiger partial charge in [0.2, 0.25) is 5.88 Å². The third-order valence-corrected chi connectivity index (χ3v) is 3.10. The van der Waals surface area contributed by atoms with Crippen molar-refractivity contribution < 1.29 is 14.6 Å². The van der Waals surface area contributed by atoms with Gasteiger partial charge >= 0.3 is 5.97 Å². The minimum absolute atomic E-state index is 0.0605. The topological polar surface area (TPSA) is 72.3 Å². The number of aromatic nitrogens is 2. The van der Waals surface area contributed by atoms with Gasteiger partial charge < -0.3 is 9.84 Å². The fraction of sp³-hybridized carbons (Fsp3) is 0.583. The Balaban J connectivity index is 1.92. The highest BCUT2D eigenvalue weighted by Gasteiger charge is 2.20. The van der Waals surface area contributed by atoms with E-state index in [-0.39, 0.29) is 11.8 Å². The van der Waals surface area contributed by atoms with Gasteiger partial charge in [0.05, 0.1) is 12.4 Å². The number of ether oxygens (including phenoxy) is 1.